The molecule has 0 aliphatic rings. The van der Waals surface area contributed by atoms with Gasteiger partial charge in [0.1, 0.15) is 0 Å². The molecule has 0 aromatic carbocycles. The van der Waals surface area contributed by atoms with Crippen LogP contribution in [0.2, 0.25) is 0 Å². The summed E-state index contributed by atoms with van der Waals surface area (Å²) >= 11 is 4.74. The van der Waals surface area contributed by atoms with Crippen molar-refractivity contribution in [2.75, 3.05) is 20.3 Å². The first kappa shape index (κ1) is 13.6. The topological polar surface area (TPSA) is 58.6 Å². The standard InChI is InChI=1S/C10H14BrNO3S/c1-6-3-8(16-9(6)11)10(14)12-7(4-13)5-15-2/h3,7,13H,4-5H2,1-2H3,(H,12,14). The van der Waals surface area contributed by atoms with E-state index < -0.39 is 0 Å². The Balaban J connectivity index is 2.64. The zero-order valence-electron chi connectivity index (χ0n) is 9.12. The highest BCUT2D eigenvalue weighted by molar-refractivity contribution is 9.11. The highest BCUT2D eigenvalue weighted by Crippen LogP contribution is 2.27. The average molecular weight is 308 g/mol. The Morgan fingerprint density at radius 1 is 1.75 bits per heavy atom. The predicted molar refractivity (Wildman–Crippen MR) is 67.0 cm³/mol. The molecule has 90 valence electrons. The van der Waals surface area contributed by atoms with Gasteiger partial charge in [-0.25, -0.2) is 0 Å². The molecule has 1 atom stereocenters. The minimum absolute atomic E-state index is 0.134. The second-order valence-corrected chi connectivity index (χ2v) is 5.75. The van der Waals surface area contributed by atoms with Crippen molar-refractivity contribution in [2.45, 2.75) is 13.0 Å². The first-order chi connectivity index (χ1) is 7.58. The molecule has 0 saturated carbocycles. The van der Waals surface area contributed by atoms with Gasteiger partial charge in [0.2, 0.25) is 0 Å². The lowest BCUT2D eigenvalue weighted by Gasteiger charge is -2.14. The number of hydrogen-bond donors (Lipinski definition) is 2. The van der Waals surface area contributed by atoms with Crippen molar-refractivity contribution in [3.8, 4) is 0 Å². The molecule has 16 heavy (non-hydrogen) atoms. The van der Waals surface area contributed by atoms with Crippen LogP contribution in [0.5, 0.6) is 0 Å². The Morgan fingerprint density at radius 3 is 2.88 bits per heavy atom. The van der Waals surface area contributed by atoms with Crippen LogP contribution in [-0.4, -0.2) is 37.4 Å². The Labute approximate surface area is 107 Å². The highest BCUT2D eigenvalue weighted by Gasteiger charge is 2.15. The maximum atomic E-state index is 11.8. The third-order valence-electron chi connectivity index (χ3n) is 2.00. The number of carbonyl (C=O) groups excluding carboxylic acids is 1. The van der Waals surface area contributed by atoms with Gasteiger partial charge in [-0.15, -0.1) is 11.3 Å². The maximum Gasteiger partial charge on any atom is 0.261 e. The number of rotatable bonds is 5. The van der Waals surface area contributed by atoms with Gasteiger partial charge in [-0.1, -0.05) is 0 Å². The van der Waals surface area contributed by atoms with Crippen LogP contribution in [0.15, 0.2) is 9.85 Å². The van der Waals surface area contributed by atoms with Crippen LogP contribution >= 0.6 is 27.3 Å². The number of methoxy groups -OCH3 is 1. The molecule has 2 N–H and O–H groups in total. The van der Waals surface area contributed by atoms with E-state index in [1.807, 2.05) is 13.0 Å². The molecule has 0 saturated heterocycles. The Kier molecular flexibility index (Phi) is 5.40. The van der Waals surface area contributed by atoms with Gasteiger partial charge in [-0.3, -0.25) is 4.79 Å². The third kappa shape index (κ3) is 3.55. The summed E-state index contributed by atoms with van der Waals surface area (Å²) in [5.41, 5.74) is 1.03. The van der Waals surface area contributed by atoms with Gasteiger partial charge in [0.25, 0.3) is 5.91 Å². The van der Waals surface area contributed by atoms with Crippen LogP contribution in [0.4, 0.5) is 0 Å². The van der Waals surface area contributed by atoms with Crippen LogP contribution in [0.3, 0.4) is 0 Å². The molecule has 0 bridgehead atoms. The number of aliphatic hydroxyl groups is 1. The molecular formula is C10H14BrNO3S. The van der Waals surface area contributed by atoms with E-state index in [1.165, 1.54) is 18.4 Å². The van der Waals surface area contributed by atoms with Crippen molar-refractivity contribution >= 4 is 33.2 Å². The third-order valence-corrected chi connectivity index (χ3v) is 4.14. The van der Waals surface area contributed by atoms with Gasteiger partial charge in [-0.05, 0) is 34.5 Å². The summed E-state index contributed by atoms with van der Waals surface area (Å²) in [7, 11) is 1.53. The van der Waals surface area contributed by atoms with Crippen molar-refractivity contribution in [1.82, 2.24) is 5.32 Å². The Morgan fingerprint density at radius 2 is 2.44 bits per heavy atom. The molecule has 4 nitrogen and oxygen atoms in total. The number of halogens is 1. The van der Waals surface area contributed by atoms with E-state index in [0.717, 1.165) is 9.35 Å². The second-order valence-electron chi connectivity index (χ2n) is 3.38. The van der Waals surface area contributed by atoms with Crippen LogP contribution in [-0.2, 0) is 4.74 Å². The number of nitrogens with one attached hydrogen (secondary N) is 1. The van der Waals surface area contributed by atoms with E-state index >= 15 is 0 Å². The zero-order valence-corrected chi connectivity index (χ0v) is 11.5. The fourth-order valence-corrected chi connectivity index (χ4v) is 2.61. The SMILES string of the molecule is COCC(CO)NC(=O)c1cc(C)c(Br)s1. The monoisotopic (exact) mass is 307 g/mol. The van der Waals surface area contributed by atoms with E-state index in [2.05, 4.69) is 21.2 Å². The Hall–Kier alpha value is -0.430. The molecule has 1 unspecified atom stereocenters. The van der Waals surface area contributed by atoms with Crippen molar-refractivity contribution in [3.05, 3.63) is 20.3 Å². The number of aryl methyl sites for hydroxylation is 1. The molecule has 0 spiro atoms. The van der Waals surface area contributed by atoms with Gasteiger partial charge in [0.05, 0.1) is 27.9 Å². The summed E-state index contributed by atoms with van der Waals surface area (Å²) in [5, 5.41) is 11.7. The highest BCUT2D eigenvalue weighted by atomic mass is 79.9. The van der Waals surface area contributed by atoms with E-state index in [-0.39, 0.29) is 18.6 Å². The maximum absolute atomic E-state index is 11.8. The largest absolute Gasteiger partial charge is 0.394 e. The van der Waals surface area contributed by atoms with Crippen LogP contribution in [0.25, 0.3) is 0 Å². The molecule has 0 aliphatic heterocycles. The smallest absolute Gasteiger partial charge is 0.261 e. The zero-order chi connectivity index (χ0) is 12.1. The number of ether oxygens (including phenoxy) is 1. The molecule has 1 amide bonds. The van der Waals surface area contributed by atoms with E-state index in [4.69, 9.17) is 9.84 Å². The first-order valence-corrected chi connectivity index (χ1v) is 6.36. The number of thiophene rings is 1. The van der Waals surface area contributed by atoms with E-state index in [9.17, 15) is 4.79 Å². The summed E-state index contributed by atoms with van der Waals surface area (Å²) in [6, 6.07) is 1.45. The Bertz CT molecular complexity index is 347. The molecule has 1 aromatic heterocycles. The van der Waals surface area contributed by atoms with E-state index in [1.54, 1.807) is 0 Å². The molecule has 6 heteroatoms. The lowest BCUT2D eigenvalue weighted by atomic mass is 10.3. The number of aliphatic hydroxyl groups excluding tert-OH is 1. The van der Waals surface area contributed by atoms with Gasteiger partial charge < -0.3 is 15.2 Å². The normalized spacial score (nSPS) is 12.5. The molecular weight excluding hydrogens is 294 g/mol. The molecule has 1 aromatic rings. The predicted octanol–water partition coefficient (Wildman–Crippen LogP) is 1.56. The van der Waals surface area contributed by atoms with Gasteiger partial charge in [0, 0.05) is 7.11 Å². The quantitative estimate of drug-likeness (QED) is 0.868. The summed E-state index contributed by atoms with van der Waals surface area (Å²) in [4.78, 5) is 12.4. The van der Waals surface area contributed by atoms with Crippen molar-refractivity contribution in [3.63, 3.8) is 0 Å². The van der Waals surface area contributed by atoms with Gasteiger partial charge in [-0.2, -0.15) is 0 Å². The fraction of sp³-hybridized carbons (Fsp3) is 0.500. The van der Waals surface area contributed by atoms with E-state index in [0.29, 0.717) is 11.5 Å². The summed E-state index contributed by atoms with van der Waals surface area (Å²) in [5.74, 6) is -0.185. The summed E-state index contributed by atoms with van der Waals surface area (Å²) in [6.45, 7) is 2.09. The van der Waals surface area contributed by atoms with Crippen molar-refractivity contribution in [1.29, 1.82) is 0 Å². The molecule has 0 fully saturated rings. The summed E-state index contributed by atoms with van der Waals surface area (Å²) in [6.07, 6.45) is 0. The van der Waals surface area contributed by atoms with Crippen LogP contribution < -0.4 is 5.32 Å². The van der Waals surface area contributed by atoms with Crippen LogP contribution in [0, 0.1) is 6.92 Å². The first-order valence-electron chi connectivity index (χ1n) is 4.75. The molecule has 0 aliphatic carbocycles. The van der Waals surface area contributed by atoms with Crippen molar-refractivity contribution < 1.29 is 14.6 Å². The van der Waals surface area contributed by atoms with Crippen LogP contribution in [0.1, 0.15) is 15.2 Å². The average Bonchev–Trinajstić information content (AvgIpc) is 2.58. The van der Waals surface area contributed by atoms with Gasteiger partial charge in [0.15, 0.2) is 0 Å². The molecule has 1 heterocycles. The molecule has 0 radical (unpaired) electrons. The lowest BCUT2D eigenvalue weighted by Crippen LogP contribution is -2.40. The lowest BCUT2D eigenvalue weighted by molar-refractivity contribution is 0.0843. The minimum Gasteiger partial charge on any atom is -0.394 e. The van der Waals surface area contributed by atoms with Crippen molar-refractivity contribution in [2.24, 2.45) is 0 Å². The minimum atomic E-state index is -0.362. The number of carbonyl (C=O) groups is 1. The summed E-state index contributed by atoms with van der Waals surface area (Å²) < 4.78 is 5.83. The fourth-order valence-electron chi connectivity index (χ4n) is 1.17. The number of hydrogen-bond acceptors (Lipinski definition) is 4. The van der Waals surface area contributed by atoms with Gasteiger partial charge >= 0.3 is 0 Å². The molecule has 1 rings (SSSR count). The second kappa shape index (κ2) is 6.34. The number of amides is 1.